The summed E-state index contributed by atoms with van der Waals surface area (Å²) in [6.07, 6.45) is 3.50. The highest BCUT2D eigenvalue weighted by molar-refractivity contribution is 7.80. The van der Waals surface area contributed by atoms with Gasteiger partial charge >= 0.3 is 5.97 Å². The van der Waals surface area contributed by atoms with Crippen molar-refractivity contribution in [3.05, 3.63) is 77.4 Å². The van der Waals surface area contributed by atoms with Crippen LogP contribution in [0.3, 0.4) is 0 Å². The Kier molecular flexibility index (Phi) is 8.71. The molecule has 2 aromatic carbocycles. The van der Waals surface area contributed by atoms with Gasteiger partial charge in [-0.25, -0.2) is 0 Å². The molecule has 0 aromatic heterocycles. The highest BCUT2D eigenvalue weighted by atomic mass is 32.1. The minimum absolute atomic E-state index is 0.102. The maximum atomic E-state index is 12.4. The van der Waals surface area contributed by atoms with E-state index in [0.717, 1.165) is 16.7 Å². The number of hydrogen-bond acceptors (Lipinski definition) is 5. The summed E-state index contributed by atoms with van der Waals surface area (Å²) in [4.78, 5) is 38.6. The number of benzene rings is 2. The maximum Gasteiger partial charge on any atom is 0.308 e. The smallest absolute Gasteiger partial charge is 0.308 e. The van der Waals surface area contributed by atoms with E-state index in [1.54, 1.807) is 11.0 Å². The van der Waals surface area contributed by atoms with Gasteiger partial charge in [-0.1, -0.05) is 60.2 Å². The highest BCUT2D eigenvalue weighted by Crippen LogP contribution is 2.11. The minimum Gasteiger partial charge on any atom is -0.465 e. The molecular formula is C25H27N3O4S. The minimum atomic E-state index is -0.836. The molecule has 3 rings (SSSR count). The fraction of sp³-hybridized carbons (Fsp3) is 0.280. The Hall–Kier alpha value is -3.52. The summed E-state index contributed by atoms with van der Waals surface area (Å²) < 4.78 is 5.31. The van der Waals surface area contributed by atoms with E-state index in [1.165, 1.54) is 6.08 Å². The lowest BCUT2D eigenvalue weighted by Crippen LogP contribution is -2.60. The van der Waals surface area contributed by atoms with Crippen LogP contribution in [0.15, 0.2) is 60.7 Å². The Morgan fingerprint density at radius 3 is 2.64 bits per heavy atom. The number of amides is 2. The quantitative estimate of drug-likeness (QED) is 0.371. The van der Waals surface area contributed by atoms with Gasteiger partial charge in [0, 0.05) is 25.6 Å². The second-order valence-corrected chi connectivity index (χ2v) is 8.09. The zero-order chi connectivity index (χ0) is 23.6. The molecule has 1 saturated heterocycles. The summed E-state index contributed by atoms with van der Waals surface area (Å²) in [7, 11) is 0. The molecule has 1 fully saturated rings. The number of nitrogens with zero attached hydrogens (tertiary/aromatic N) is 1. The predicted molar refractivity (Wildman–Crippen MR) is 130 cm³/mol. The van der Waals surface area contributed by atoms with Crippen LogP contribution in [0.25, 0.3) is 6.08 Å². The molecule has 1 atom stereocenters. The van der Waals surface area contributed by atoms with Crippen molar-refractivity contribution in [1.29, 1.82) is 0 Å². The molecule has 1 unspecified atom stereocenters. The first-order valence-corrected chi connectivity index (χ1v) is 11.2. The van der Waals surface area contributed by atoms with Crippen molar-refractivity contribution in [1.82, 2.24) is 15.5 Å². The number of carbonyl (C=O) groups is 3. The molecule has 172 valence electrons. The summed E-state index contributed by atoms with van der Waals surface area (Å²) in [6, 6.07) is 16.6. The molecule has 1 aliphatic rings. The van der Waals surface area contributed by atoms with Crippen molar-refractivity contribution in [2.75, 3.05) is 19.7 Å². The summed E-state index contributed by atoms with van der Waals surface area (Å²) in [6.45, 7) is 2.97. The number of hydrogen-bond donors (Lipinski definition) is 2. The van der Waals surface area contributed by atoms with Gasteiger partial charge in [-0.2, -0.15) is 0 Å². The molecule has 2 aromatic rings. The first-order chi connectivity index (χ1) is 15.9. The Balaban J connectivity index is 1.52. The van der Waals surface area contributed by atoms with Gasteiger partial charge in [-0.3, -0.25) is 19.7 Å². The van der Waals surface area contributed by atoms with Gasteiger partial charge in [0.1, 0.15) is 6.04 Å². The first-order valence-electron chi connectivity index (χ1n) is 10.8. The van der Waals surface area contributed by atoms with Gasteiger partial charge in [0.05, 0.1) is 13.0 Å². The molecular weight excluding hydrogens is 438 g/mol. The summed E-state index contributed by atoms with van der Waals surface area (Å²) >= 11 is 5.36. The standard InChI is InChI=1S/C25H27N3O4S/c1-18-7-9-20(10-8-18)11-12-22(29)27-25(33)28-15-14-26-24(31)21(28)17-23(30)32-16-13-19-5-3-2-4-6-19/h2-12,21H,13-17H2,1H3,(H,26,31)(H,27,29,33)/b12-11+. The lowest BCUT2D eigenvalue weighted by molar-refractivity contribution is -0.147. The SMILES string of the molecule is Cc1ccc(/C=C/C(=O)NC(=S)N2CCNC(=O)C2CC(=O)OCCc2ccccc2)cc1. The van der Waals surface area contributed by atoms with Gasteiger partial charge in [0.25, 0.3) is 0 Å². The molecule has 1 heterocycles. The molecule has 0 saturated carbocycles. The van der Waals surface area contributed by atoms with Gasteiger partial charge in [-0.15, -0.1) is 0 Å². The molecule has 0 radical (unpaired) electrons. The third kappa shape index (κ3) is 7.54. The summed E-state index contributed by atoms with van der Waals surface area (Å²) in [5.74, 6) is -1.23. The Morgan fingerprint density at radius 2 is 1.91 bits per heavy atom. The number of esters is 1. The van der Waals surface area contributed by atoms with Crippen LogP contribution < -0.4 is 10.6 Å². The van der Waals surface area contributed by atoms with Crippen molar-refractivity contribution in [2.24, 2.45) is 0 Å². The predicted octanol–water partition coefficient (Wildman–Crippen LogP) is 2.39. The normalized spacial score (nSPS) is 15.7. The van der Waals surface area contributed by atoms with E-state index in [0.29, 0.717) is 19.5 Å². The van der Waals surface area contributed by atoms with Crippen LogP contribution >= 0.6 is 12.2 Å². The molecule has 0 aliphatic carbocycles. The van der Waals surface area contributed by atoms with Crippen molar-refractivity contribution in [3.63, 3.8) is 0 Å². The number of ether oxygens (including phenoxy) is 1. The lowest BCUT2D eigenvalue weighted by atomic mass is 10.1. The third-order valence-corrected chi connectivity index (χ3v) is 5.52. The van der Waals surface area contributed by atoms with E-state index in [9.17, 15) is 14.4 Å². The highest BCUT2D eigenvalue weighted by Gasteiger charge is 2.34. The van der Waals surface area contributed by atoms with E-state index in [2.05, 4.69) is 10.6 Å². The van der Waals surface area contributed by atoms with Crippen molar-refractivity contribution >= 4 is 41.2 Å². The first kappa shape index (κ1) is 24.1. The lowest BCUT2D eigenvalue weighted by Gasteiger charge is -2.36. The molecule has 8 heteroatoms. The largest absolute Gasteiger partial charge is 0.465 e. The number of rotatable bonds is 7. The number of piperazine rings is 1. The van der Waals surface area contributed by atoms with Crippen LogP contribution in [-0.4, -0.2) is 53.5 Å². The molecule has 0 bridgehead atoms. The molecule has 33 heavy (non-hydrogen) atoms. The van der Waals surface area contributed by atoms with Crippen LogP contribution in [0.2, 0.25) is 0 Å². The van der Waals surface area contributed by atoms with Crippen molar-refractivity contribution in [2.45, 2.75) is 25.8 Å². The zero-order valence-electron chi connectivity index (χ0n) is 18.5. The number of aryl methyl sites for hydroxylation is 1. The topological polar surface area (TPSA) is 87.7 Å². The van der Waals surface area contributed by atoms with Crippen LogP contribution in [0.5, 0.6) is 0 Å². The summed E-state index contributed by atoms with van der Waals surface area (Å²) in [5.41, 5.74) is 3.07. The number of nitrogens with one attached hydrogen (secondary N) is 2. The number of thiocarbonyl (C=S) groups is 1. The van der Waals surface area contributed by atoms with E-state index < -0.39 is 17.9 Å². The molecule has 2 amide bonds. The van der Waals surface area contributed by atoms with E-state index in [4.69, 9.17) is 17.0 Å². The van der Waals surface area contributed by atoms with E-state index in [1.807, 2.05) is 61.5 Å². The van der Waals surface area contributed by atoms with Crippen LogP contribution in [0, 0.1) is 6.92 Å². The van der Waals surface area contributed by atoms with Gasteiger partial charge in [0.2, 0.25) is 11.8 Å². The van der Waals surface area contributed by atoms with Crippen LogP contribution in [-0.2, 0) is 25.5 Å². The molecule has 1 aliphatic heterocycles. The van der Waals surface area contributed by atoms with Crippen molar-refractivity contribution < 1.29 is 19.1 Å². The average Bonchev–Trinajstić information content (AvgIpc) is 2.80. The number of carbonyl (C=O) groups excluding carboxylic acids is 3. The second kappa shape index (κ2) is 11.9. The van der Waals surface area contributed by atoms with E-state index in [-0.39, 0.29) is 24.0 Å². The molecule has 0 spiro atoms. The van der Waals surface area contributed by atoms with Gasteiger partial charge in [-0.05, 0) is 36.3 Å². The van der Waals surface area contributed by atoms with Gasteiger partial charge < -0.3 is 15.0 Å². The molecule has 2 N–H and O–H groups in total. The summed E-state index contributed by atoms with van der Waals surface area (Å²) in [5, 5.41) is 5.46. The molecule has 7 nitrogen and oxygen atoms in total. The Bertz CT molecular complexity index is 1020. The second-order valence-electron chi connectivity index (χ2n) is 7.70. The zero-order valence-corrected chi connectivity index (χ0v) is 19.3. The fourth-order valence-electron chi connectivity index (χ4n) is 3.37. The monoisotopic (exact) mass is 465 g/mol. The third-order valence-electron chi connectivity index (χ3n) is 5.18. The van der Waals surface area contributed by atoms with E-state index >= 15 is 0 Å². The van der Waals surface area contributed by atoms with Crippen LogP contribution in [0.1, 0.15) is 23.1 Å². The Labute approximate surface area is 198 Å². The average molecular weight is 466 g/mol. The van der Waals surface area contributed by atoms with Crippen molar-refractivity contribution in [3.8, 4) is 0 Å². The van der Waals surface area contributed by atoms with Gasteiger partial charge in [0.15, 0.2) is 5.11 Å². The fourth-order valence-corrected chi connectivity index (χ4v) is 3.69. The Morgan fingerprint density at radius 1 is 1.18 bits per heavy atom. The van der Waals surface area contributed by atoms with Crippen LogP contribution in [0.4, 0.5) is 0 Å². The maximum absolute atomic E-state index is 12.4.